The normalized spacial score (nSPS) is 13.5. The number of halogens is 1. The number of benzene rings is 2. The zero-order valence-corrected chi connectivity index (χ0v) is 18.9. The number of aryl methyl sites for hydroxylation is 1. The monoisotopic (exact) mass is 436 g/mol. The van der Waals surface area contributed by atoms with Crippen molar-refractivity contribution >= 4 is 17.5 Å². The van der Waals surface area contributed by atoms with Gasteiger partial charge in [0, 0.05) is 35.4 Å². The topological polar surface area (TPSA) is 50.2 Å². The summed E-state index contributed by atoms with van der Waals surface area (Å²) in [4.78, 5) is 15.0. The molecule has 6 heteroatoms. The number of rotatable bonds is 9. The number of hydrogen-bond donors (Lipinski definition) is 1. The molecule has 0 aliphatic heterocycles. The third-order valence-electron chi connectivity index (χ3n) is 5.88. The molecular formula is C25H29ClN4O. The summed E-state index contributed by atoms with van der Waals surface area (Å²) in [5.41, 5.74) is 5.56. The molecule has 0 atom stereocenters. The maximum Gasteiger partial charge on any atom is 0.234 e. The molecule has 1 aromatic heterocycles. The van der Waals surface area contributed by atoms with Gasteiger partial charge in [-0.3, -0.25) is 14.4 Å². The van der Waals surface area contributed by atoms with Crippen LogP contribution in [0.15, 0.2) is 54.6 Å². The van der Waals surface area contributed by atoms with Crippen LogP contribution in [0.2, 0.25) is 5.02 Å². The standard InChI is InChI=1S/C25H29ClN4O/c1-18-24(19(2)30(28-18)16-20-6-4-3-5-7-20)14-27-25(31)17-29(23-12-13-23)15-21-8-10-22(26)11-9-21/h3-11,23H,12-17H2,1-2H3,(H,27,31). The summed E-state index contributed by atoms with van der Waals surface area (Å²) in [6.07, 6.45) is 2.32. The van der Waals surface area contributed by atoms with E-state index >= 15 is 0 Å². The third-order valence-corrected chi connectivity index (χ3v) is 6.13. The molecule has 0 bridgehead atoms. The highest BCUT2D eigenvalue weighted by atomic mass is 35.5. The first-order chi connectivity index (χ1) is 15.0. The molecule has 1 saturated carbocycles. The van der Waals surface area contributed by atoms with Crippen molar-refractivity contribution in [3.63, 3.8) is 0 Å². The molecule has 0 spiro atoms. The Hall–Kier alpha value is -2.63. The van der Waals surface area contributed by atoms with Gasteiger partial charge >= 0.3 is 0 Å². The molecule has 1 fully saturated rings. The van der Waals surface area contributed by atoms with E-state index in [2.05, 4.69) is 34.4 Å². The van der Waals surface area contributed by atoms with Crippen LogP contribution in [-0.2, 0) is 24.4 Å². The minimum Gasteiger partial charge on any atom is -0.351 e. The Morgan fingerprint density at radius 2 is 1.81 bits per heavy atom. The highest BCUT2D eigenvalue weighted by Crippen LogP contribution is 2.28. The van der Waals surface area contributed by atoms with Crippen LogP contribution in [0.3, 0.4) is 0 Å². The van der Waals surface area contributed by atoms with Gasteiger partial charge in [-0.1, -0.05) is 54.1 Å². The van der Waals surface area contributed by atoms with E-state index in [1.165, 1.54) is 11.1 Å². The number of amides is 1. The maximum absolute atomic E-state index is 12.7. The third kappa shape index (κ3) is 5.75. The first kappa shape index (κ1) is 21.6. The molecule has 0 unspecified atom stereocenters. The minimum absolute atomic E-state index is 0.0514. The lowest BCUT2D eigenvalue weighted by Crippen LogP contribution is -2.38. The van der Waals surface area contributed by atoms with Crippen LogP contribution < -0.4 is 5.32 Å². The molecule has 31 heavy (non-hydrogen) atoms. The predicted molar refractivity (Wildman–Crippen MR) is 124 cm³/mol. The largest absolute Gasteiger partial charge is 0.351 e. The van der Waals surface area contributed by atoms with Crippen LogP contribution >= 0.6 is 11.6 Å². The van der Waals surface area contributed by atoms with Gasteiger partial charge in [0.25, 0.3) is 0 Å². The van der Waals surface area contributed by atoms with Gasteiger partial charge < -0.3 is 5.32 Å². The van der Waals surface area contributed by atoms with Crippen LogP contribution in [-0.4, -0.2) is 33.2 Å². The lowest BCUT2D eigenvalue weighted by Gasteiger charge is -2.21. The molecule has 1 aliphatic carbocycles. The molecule has 1 aliphatic rings. The lowest BCUT2D eigenvalue weighted by molar-refractivity contribution is -0.122. The average Bonchev–Trinajstić information content (AvgIpc) is 3.57. The van der Waals surface area contributed by atoms with E-state index in [0.717, 1.165) is 47.9 Å². The molecule has 0 saturated heterocycles. The number of hydrogen-bond acceptors (Lipinski definition) is 3. The molecule has 1 heterocycles. The zero-order valence-electron chi connectivity index (χ0n) is 18.1. The van der Waals surface area contributed by atoms with Gasteiger partial charge in [-0.25, -0.2) is 0 Å². The van der Waals surface area contributed by atoms with E-state index in [1.807, 2.05) is 54.1 Å². The number of carbonyl (C=O) groups excluding carboxylic acids is 1. The summed E-state index contributed by atoms with van der Waals surface area (Å²) in [5, 5.41) is 8.53. The quantitative estimate of drug-likeness (QED) is 0.538. The second kappa shape index (κ2) is 9.67. The van der Waals surface area contributed by atoms with Crippen molar-refractivity contribution in [2.24, 2.45) is 0 Å². The minimum atomic E-state index is 0.0514. The van der Waals surface area contributed by atoms with Crippen molar-refractivity contribution in [1.82, 2.24) is 20.0 Å². The Morgan fingerprint density at radius 1 is 1.10 bits per heavy atom. The summed E-state index contributed by atoms with van der Waals surface area (Å²) >= 11 is 5.99. The maximum atomic E-state index is 12.7. The van der Waals surface area contributed by atoms with E-state index in [0.29, 0.717) is 19.1 Å². The van der Waals surface area contributed by atoms with Gasteiger partial charge in [0.05, 0.1) is 18.8 Å². The fourth-order valence-electron chi connectivity index (χ4n) is 3.91. The van der Waals surface area contributed by atoms with E-state index < -0.39 is 0 Å². The van der Waals surface area contributed by atoms with Gasteiger partial charge in [-0.15, -0.1) is 0 Å². The summed E-state index contributed by atoms with van der Waals surface area (Å²) in [6, 6.07) is 18.7. The summed E-state index contributed by atoms with van der Waals surface area (Å²) in [6.45, 7) is 6.49. The van der Waals surface area contributed by atoms with Gasteiger partial charge in [0.1, 0.15) is 0 Å². The van der Waals surface area contributed by atoms with Crippen LogP contribution in [0, 0.1) is 13.8 Å². The molecule has 5 nitrogen and oxygen atoms in total. The van der Waals surface area contributed by atoms with Crippen LogP contribution in [0.4, 0.5) is 0 Å². The number of carbonyl (C=O) groups is 1. The zero-order chi connectivity index (χ0) is 21.8. The molecule has 4 rings (SSSR count). The van der Waals surface area contributed by atoms with Crippen molar-refractivity contribution in [3.05, 3.63) is 87.7 Å². The van der Waals surface area contributed by atoms with Gasteiger partial charge in [0.15, 0.2) is 0 Å². The molecule has 0 radical (unpaired) electrons. The summed E-state index contributed by atoms with van der Waals surface area (Å²) in [5.74, 6) is 0.0514. The summed E-state index contributed by atoms with van der Waals surface area (Å²) in [7, 11) is 0. The second-order valence-corrected chi connectivity index (χ2v) is 8.77. The first-order valence-corrected chi connectivity index (χ1v) is 11.2. The van der Waals surface area contributed by atoms with E-state index in [1.54, 1.807) is 0 Å². The van der Waals surface area contributed by atoms with Crippen molar-refractivity contribution in [2.75, 3.05) is 6.54 Å². The van der Waals surface area contributed by atoms with Crippen molar-refractivity contribution in [3.8, 4) is 0 Å². The smallest absolute Gasteiger partial charge is 0.234 e. The Bertz CT molecular complexity index is 1030. The lowest BCUT2D eigenvalue weighted by atomic mass is 10.2. The Labute approximate surface area is 189 Å². The number of aromatic nitrogens is 2. The Morgan fingerprint density at radius 3 is 2.48 bits per heavy atom. The van der Waals surface area contributed by atoms with E-state index in [4.69, 9.17) is 11.6 Å². The van der Waals surface area contributed by atoms with Crippen LogP contribution in [0.1, 0.15) is 40.9 Å². The predicted octanol–water partition coefficient (Wildman–Crippen LogP) is 4.48. The second-order valence-electron chi connectivity index (χ2n) is 8.33. The van der Waals surface area contributed by atoms with Crippen LogP contribution in [0.5, 0.6) is 0 Å². The first-order valence-electron chi connectivity index (χ1n) is 10.8. The molecule has 2 aromatic carbocycles. The summed E-state index contributed by atoms with van der Waals surface area (Å²) < 4.78 is 2.02. The highest BCUT2D eigenvalue weighted by Gasteiger charge is 2.30. The van der Waals surface area contributed by atoms with E-state index in [-0.39, 0.29) is 5.91 Å². The Kier molecular flexibility index (Phi) is 6.73. The SMILES string of the molecule is Cc1nn(Cc2ccccc2)c(C)c1CNC(=O)CN(Cc1ccc(Cl)cc1)C1CC1. The molecule has 3 aromatic rings. The highest BCUT2D eigenvalue weighted by molar-refractivity contribution is 6.30. The molecule has 1 N–H and O–H groups in total. The fourth-order valence-corrected chi connectivity index (χ4v) is 4.03. The number of nitrogens with one attached hydrogen (secondary N) is 1. The van der Waals surface area contributed by atoms with Crippen molar-refractivity contribution in [2.45, 2.75) is 52.4 Å². The molecular weight excluding hydrogens is 408 g/mol. The van der Waals surface area contributed by atoms with E-state index in [9.17, 15) is 4.79 Å². The Balaban J connectivity index is 1.35. The van der Waals surface area contributed by atoms with Gasteiger partial charge in [-0.2, -0.15) is 5.10 Å². The fraction of sp³-hybridized carbons (Fsp3) is 0.360. The van der Waals surface area contributed by atoms with Crippen molar-refractivity contribution < 1.29 is 4.79 Å². The average molecular weight is 437 g/mol. The molecule has 1 amide bonds. The van der Waals surface area contributed by atoms with Crippen LogP contribution in [0.25, 0.3) is 0 Å². The number of nitrogens with zero attached hydrogens (tertiary/aromatic N) is 3. The van der Waals surface area contributed by atoms with Gasteiger partial charge in [0.2, 0.25) is 5.91 Å². The van der Waals surface area contributed by atoms with Crippen molar-refractivity contribution in [1.29, 1.82) is 0 Å². The van der Waals surface area contributed by atoms with Gasteiger partial charge in [-0.05, 0) is 49.9 Å². The molecule has 162 valence electrons.